The number of carboxylic acids is 1. The van der Waals surface area contributed by atoms with E-state index in [0.717, 1.165) is 17.9 Å². The maximum atomic E-state index is 10.8. The molecule has 0 amide bonds. The van der Waals surface area contributed by atoms with Gasteiger partial charge in [0, 0.05) is 37.7 Å². The van der Waals surface area contributed by atoms with Crippen molar-refractivity contribution in [2.45, 2.75) is 6.42 Å². The fraction of sp³-hybridized carbons (Fsp3) is 0.429. The summed E-state index contributed by atoms with van der Waals surface area (Å²) in [5, 5.41) is 20.9. The normalized spacial score (nSPS) is 10.5. The summed E-state index contributed by atoms with van der Waals surface area (Å²) in [5.41, 5.74) is 1.70. The maximum absolute atomic E-state index is 10.8. The molecule has 0 saturated carbocycles. The van der Waals surface area contributed by atoms with Crippen molar-refractivity contribution in [3.8, 4) is 5.69 Å². The minimum atomic E-state index is -1.06. The Kier molecular flexibility index (Phi) is 9.27. The molecule has 24 heavy (non-hydrogen) atoms. The van der Waals surface area contributed by atoms with Crippen LogP contribution in [-0.4, -0.2) is 64.8 Å². The Morgan fingerprint density at radius 2 is 2.08 bits per heavy atom. The molecule has 0 unspecified atom stereocenters. The second-order valence-corrected chi connectivity index (χ2v) is 5.72. The van der Waals surface area contributed by atoms with Crippen molar-refractivity contribution in [1.29, 1.82) is 0 Å². The second kappa shape index (κ2) is 10.4. The molecule has 0 saturated heterocycles. The van der Waals surface area contributed by atoms with E-state index < -0.39 is 5.97 Å². The number of carbonyl (C=O) groups excluding carboxylic acids is 1. The second-order valence-electron chi connectivity index (χ2n) is 5.35. The molecular formula is C14H19KN6O2S. The number of aliphatic carboxylic acids is 1. The van der Waals surface area contributed by atoms with Crippen molar-refractivity contribution in [2.24, 2.45) is 0 Å². The van der Waals surface area contributed by atoms with E-state index in [2.05, 4.69) is 15.5 Å². The molecule has 124 valence electrons. The number of aromatic nitrogens is 4. The van der Waals surface area contributed by atoms with Crippen LogP contribution >= 0.6 is 12.2 Å². The third-order valence-corrected chi connectivity index (χ3v) is 3.59. The van der Waals surface area contributed by atoms with Crippen LogP contribution in [0.1, 0.15) is 6.42 Å². The van der Waals surface area contributed by atoms with Gasteiger partial charge in [0.25, 0.3) is 0 Å². The molecular weight excluding hydrogens is 355 g/mol. The van der Waals surface area contributed by atoms with Crippen LogP contribution in [0.15, 0.2) is 24.3 Å². The zero-order chi connectivity index (χ0) is 16.8. The number of anilines is 1. The predicted octanol–water partition coefficient (Wildman–Crippen LogP) is -3.16. The zero-order valence-corrected chi connectivity index (χ0v) is 18.0. The van der Waals surface area contributed by atoms with Crippen molar-refractivity contribution in [3.05, 3.63) is 29.0 Å². The molecule has 0 aliphatic heterocycles. The molecule has 0 spiro atoms. The zero-order valence-electron chi connectivity index (χ0n) is 14.1. The molecule has 1 heterocycles. The number of hydrogen-bond donors (Lipinski definition) is 1. The van der Waals surface area contributed by atoms with Crippen LogP contribution < -0.4 is 61.4 Å². The first-order chi connectivity index (χ1) is 11.0. The summed E-state index contributed by atoms with van der Waals surface area (Å²) in [6.45, 7) is 1.89. The topological polar surface area (TPSA) is 93.1 Å². The molecule has 2 rings (SSSR count). The van der Waals surface area contributed by atoms with Crippen LogP contribution in [0.25, 0.3) is 5.69 Å². The molecule has 0 radical (unpaired) electrons. The van der Waals surface area contributed by atoms with Crippen LogP contribution in [-0.2, 0) is 4.79 Å². The molecule has 8 nitrogen and oxygen atoms in total. The fourth-order valence-electron chi connectivity index (χ4n) is 2.11. The summed E-state index contributed by atoms with van der Waals surface area (Å²) < 4.78 is 1.92. The summed E-state index contributed by atoms with van der Waals surface area (Å²) in [6, 6.07) is 7.61. The van der Waals surface area contributed by atoms with Gasteiger partial charge < -0.3 is 19.7 Å². The van der Waals surface area contributed by atoms with Crippen molar-refractivity contribution in [2.75, 3.05) is 38.6 Å². The first-order valence-electron chi connectivity index (χ1n) is 7.17. The number of nitrogens with zero attached hydrogens (tertiary/aromatic N) is 5. The molecule has 0 fully saturated rings. The Bertz CT molecular complexity index is 717. The van der Waals surface area contributed by atoms with E-state index in [4.69, 9.17) is 12.2 Å². The number of nitrogens with one attached hydrogen (secondary N) is 1. The van der Waals surface area contributed by atoms with Crippen molar-refractivity contribution < 1.29 is 61.3 Å². The van der Waals surface area contributed by atoms with Crippen molar-refractivity contribution in [1.82, 2.24) is 25.1 Å². The molecule has 0 bridgehead atoms. The number of aromatic amines is 1. The van der Waals surface area contributed by atoms with Crippen LogP contribution in [0, 0.1) is 4.77 Å². The molecule has 1 aromatic heterocycles. The van der Waals surface area contributed by atoms with Gasteiger partial charge in [-0.15, -0.1) is 0 Å². The Morgan fingerprint density at radius 3 is 2.67 bits per heavy atom. The summed E-state index contributed by atoms with van der Waals surface area (Å²) >= 11 is 5.10. The number of benzene rings is 1. The summed E-state index contributed by atoms with van der Waals surface area (Å²) in [7, 11) is 3.95. The molecule has 0 aliphatic rings. The average molecular weight is 375 g/mol. The van der Waals surface area contributed by atoms with Crippen molar-refractivity contribution in [3.63, 3.8) is 0 Å². The number of carboxylic acid groups (broad SMARTS) is 1. The number of H-pyrrole nitrogens is 1. The molecule has 10 heteroatoms. The third-order valence-electron chi connectivity index (χ3n) is 3.33. The van der Waals surface area contributed by atoms with E-state index in [1.807, 2.05) is 48.2 Å². The first-order valence-corrected chi connectivity index (χ1v) is 7.58. The van der Waals surface area contributed by atoms with E-state index in [1.165, 1.54) is 0 Å². The van der Waals surface area contributed by atoms with Crippen LogP contribution in [0.3, 0.4) is 0 Å². The van der Waals surface area contributed by atoms with E-state index in [9.17, 15) is 9.90 Å². The van der Waals surface area contributed by atoms with Crippen LogP contribution in [0.4, 0.5) is 5.69 Å². The predicted molar refractivity (Wildman–Crippen MR) is 86.9 cm³/mol. The van der Waals surface area contributed by atoms with E-state index >= 15 is 0 Å². The van der Waals surface area contributed by atoms with E-state index in [1.54, 1.807) is 4.68 Å². The quantitative estimate of drug-likeness (QED) is 0.385. The fourth-order valence-corrected chi connectivity index (χ4v) is 2.30. The van der Waals surface area contributed by atoms with Gasteiger partial charge in [0.05, 0.1) is 5.69 Å². The van der Waals surface area contributed by atoms with Crippen LogP contribution in [0.5, 0.6) is 0 Å². The van der Waals surface area contributed by atoms with Gasteiger partial charge in [-0.1, -0.05) is 16.4 Å². The minimum Gasteiger partial charge on any atom is -0.550 e. The maximum Gasteiger partial charge on any atom is 1.00 e. The van der Waals surface area contributed by atoms with Gasteiger partial charge in [-0.2, -0.15) is 5.21 Å². The Hall–Kier alpha value is -0.624. The SMILES string of the molecule is CN(C)CCN(CCC(=O)[O-])c1cccc(-n2[nH]nnc2=S)c1.[K+]. The van der Waals surface area contributed by atoms with Gasteiger partial charge in [0.2, 0.25) is 4.77 Å². The molecule has 1 N–H and O–H groups in total. The van der Waals surface area contributed by atoms with Gasteiger partial charge in [-0.05, 0) is 44.5 Å². The number of rotatable bonds is 8. The first kappa shape index (κ1) is 21.4. The van der Waals surface area contributed by atoms with Crippen molar-refractivity contribution >= 4 is 23.9 Å². The average Bonchev–Trinajstić information content (AvgIpc) is 2.93. The Morgan fingerprint density at radius 1 is 1.33 bits per heavy atom. The van der Waals surface area contributed by atoms with Crippen LogP contribution in [0.2, 0.25) is 0 Å². The molecule has 0 aliphatic carbocycles. The van der Waals surface area contributed by atoms with Gasteiger partial charge >= 0.3 is 51.4 Å². The molecule has 2 aromatic rings. The number of tetrazole rings is 1. The Labute approximate surface area is 188 Å². The van der Waals surface area contributed by atoms with Gasteiger partial charge in [0.15, 0.2) is 0 Å². The largest absolute Gasteiger partial charge is 1.00 e. The standard InChI is InChI=1S/C14H20N6O2S.K/c1-18(2)8-9-19(7-6-13(21)22)11-4-3-5-12(10-11)20-14(23)15-16-17-20;/h3-5,10H,6-9H2,1-2H3,(H,21,22)(H,15,17,23);/q;+1/p-1. The minimum absolute atomic E-state index is 0. The summed E-state index contributed by atoms with van der Waals surface area (Å²) in [6.07, 6.45) is -0.0251. The van der Waals surface area contributed by atoms with E-state index in [-0.39, 0.29) is 57.8 Å². The number of carbonyl (C=O) groups is 1. The molecule has 0 atom stereocenters. The number of hydrogen-bond acceptors (Lipinski definition) is 7. The summed E-state index contributed by atoms with van der Waals surface area (Å²) in [5.74, 6) is -1.06. The summed E-state index contributed by atoms with van der Waals surface area (Å²) in [4.78, 5) is 14.8. The van der Waals surface area contributed by atoms with Gasteiger partial charge in [-0.3, -0.25) is 0 Å². The van der Waals surface area contributed by atoms with Gasteiger partial charge in [0.1, 0.15) is 0 Å². The molecule has 1 aromatic carbocycles. The number of likely N-dealkylation sites (N-methyl/N-ethyl adjacent to an activating group) is 1. The third kappa shape index (κ3) is 6.35. The smallest absolute Gasteiger partial charge is 0.550 e. The van der Waals surface area contributed by atoms with Gasteiger partial charge in [-0.25, -0.2) is 4.68 Å². The monoisotopic (exact) mass is 374 g/mol. The van der Waals surface area contributed by atoms with E-state index in [0.29, 0.717) is 17.9 Å². The Balaban J connectivity index is 0.00000288.